The zero-order chi connectivity index (χ0) is 13.1. The van der Waals surface area contributed by atoms with E-state index in [1.807, 2.05) is 0 Å². The highest BCUT2D eigenvalue weighted by molar-refractivity contribution is 7.14. The van der Waals surface area contributed by atoms with Gasteiger partial charge in [0.15, 0.2) is 0 Å². The molecule has 6 heteroatoms. The van der Waals surface area contributed by atoms with Gasteiger partial charge in [0.25, 0.3) is 5.91 Å². The molecule has 1 aromatic rings. The Morgan fingerprint density at radius 1 is 1.56 bits per heavy atom. The molecule has 1 aromatic heterocycles. The van der Waals surface area contributed by atoms with Crippen LogP contribution in [0.1, 0.15) is 30.1 Å². The molecule has 0 radical (unpaired) electrons. The topological polar surface area (TPSA) is 84.2 Å². The van der Waals surface area contributed by atoms with Gasteiger partial charge in [-0.25, -0.2) is 0 Å². The maximum atomic E-state index is 12.1. The molecule has 2 atom stereocenters. The van der Waals surface area contributed by atoms with Crippen LogP contribution >= 0.6 is 11.3 Å². The number of nitrogens with two attached hydrogens (primary N) is 1. The Bertz CT molecular complexity index is 458. The number of piperidine rings is 1. The van der Waals surface area contributed by atoms with Gasteiger partial charge in [-0.1, -0.05) is 6.92 Å². The number of carbonyl (C=O) groups is 2. The molecular formula is C12H17N3O2S. The molecule has 1 fully saturated rings. The van der Waals surface area contributed by atoms with Crippen molar-refractivity contribution in [2.24, 2.45) is 11.7 Å². The number of anilines is 1. The molecule has 2 rings (SSSR count). The summed E-state index contributed by atoms with van der Waals surface area (Å²) in [5.41, 5.74) is 5.61. The molecule has 0 aliphatic carbocycles. The average molecular weight is 267 g/mol. The van der Waals surface area contributed by atoms with Crippen LogP contribution in [-0.4, -0.2) is 24.4 Å². The van der Waals surface area contributed by atoms with Gasteiger partial charge in [-0.15, -0.1) is 11.3 Å². The van der Waals surface area contributed by atoms with Crippen LogP contribution in [-0.2, 0) is 4.79 Å². The minimum Gasteiger partial charge on any atom is -0.366 e. The number of nitrogens with one attached hydrogen (secondary N) is 2. The highest BCUT2D eigenvalue weighted by atomic mass is 32.1. The Labute approximate surface area is 110 Å². The predicted molar refractivity (Wildman–Crippen MR) is 71.7 cm³/mol. The van der Waals surface area contributed by atoms with Crippen LogP contribution in [0.4, 0.5) is 5.00 Å². The number of thiophene rings is 1. The van der Waals surface area contributed by atoms with E-state index in [1.54, 1.807) is 11.4 Å². The fraction of sp³-hybridized carbons (Fsp3) is 0.500. The molecular weight excluding hydrogens is 250 g/mol. The Hall–Kier alpha value is -1.40. The number of primary amides is 1. The van der Waals surface area contributed by atoms with E-state index < -0.39 is 5.91 Å². The lowest BCUT2D eigenvalue weighted by Gasteiger charge is -2.28. The maximum Gasteiger partial charge on any atom is 0.251 e. The minimum absolute atomic E-state index is 0.0906. The van der Waals surface area contributed by atoms with Crippen molar-refractivity contribution in [1.82, 2.24) is 5.32 Å². The quantitative estimate of drug-likeness (QED) is 0.768. The van der Waals surface area contributed by atoms with E-state index in [9.17, 15) is 9.59 Å². The highest BCUT2D eigenvalue weighted by Gasteiger charge is 2.28. The molecule has 18 heavy (non-hydrogen) atoms. The summed E-state index contributed by atoms with van der Waals surface area (Å²) in [4.78, 5) is 23.3. The fourth-order valence-corrected chi connectivity index (χ4v) is 2.99. The molecule has 0 aromatic carbocycles. The lowest BCUT2D eigenvalue weighted by atomic mass is 9.92. The van der Waals surface area contributed by atoms with Crippen LogP contribution in [0.3, 0.4) is 0 Å². The third-order valence-electron chi connectivity index (χ3n) is 3.22. The van der Waals surface area contributed by atoms with Crippen molar-refractivity contribution in [2.75, 3.05) is 11.9 Å². The molecule has 2 unspecified atom stereocenters. The van der Waals surface area contributed by atoms with Crippen molar-refractivity contribution in [3.8, 4) is 0 Å². The first-order chi connectivity index (χ1) is 8.59. The Morgan fingerprint density at radius 3 is 3.00 bits per heavy atom. The largest absolute Gasteiger partial charge is 0.366 e. The lowest BCUT2D eigenvalue weighted by molar-refractivity contribution is -0.119. The zero-order valence-electron chi connectivity index (χ0n) is 10.2. The molecule has 1 aliphatic rings. The van der Waals surface area contributed by atoms with Crippen LogP contribution in [0.25, 0.3) is 0 Å². The molecule has 4 N–H and O–H groups in total. The van der Waals surface area contributed by atoms with Crippen LogP contribution in [0.5, 0.6) is 0 Å². The summed E-state index contributed by atoms with van der Waals surface area (Å²) < 4.78 is 0. The molecule has 5 nitrogen and oxygen atoms in total. The molecule has 1 saturated heterocycles. The minimum atomic E-state index is -0.517. The summed E-state index contributed by atoms with van der Waals surface area (Å²) >= 11 is 1.31. The van der Waals surface area contributed by atoms with Gasteiger partial charge in [-0.05, 0) is 36.8 Å². The Morgan fingerprint density at radius 2 is 2.33 bits per heavy atom. The van der Waals surface area contributed by atoms with E-state index in [4.69, 9.17) is 5.73 Å². The summed E-state index contributed by atoms with van der Waals surface area (Å²) in [6.45, 7) is 2.91. The highest BCUT2D eigenvalue weighted by Crippen LogP contribution is 2.24. The Kier molecular flexibility index (Phi) is 3.98. The fourth-order valence-electron chi connectivity index (χ4n) is 2.19. The van der Waals surface area contributed by atoms with Gasteiger partial charge in [0.05, 0.1) is 11.6 Å². The molecule has 1 aliphatic heterocycles. The third-order valence-corrected chi connectivity index (χ3v) is 4.05. The van der Waals surface area contributed by atoms with Crippen molar-refractivity contribution < 1.29 is 9.59 Å². The van der Waals surface area contributed by atoms with E-state index in [1.165, 1.54) is 11.3 Å². The van der Waals surface area contributed by atoms with E-state index >= 15 is 0 Å². The number of hydrogen-bond acceptors (Lipinski definition) is 4. The average Bonchev–Trinajstić information content (AvgIpc) is 2.77. The molecule has 0 spiro atoms. The van der Waals surface area contributed by atoms with Crippen molar-refractivity contribution in [2.45, 2.75) is 25.8 Å². The zero-order valence-corrected chi connectivity index (χ0v) is 11.0. The van der Waals surface area contributed by atoms with Crippen LogP contribution < -0.4 is 16.4 Å². The van der Waals surface area contributed by atoms with Crippen molar-refractivity contribution >= 4 is 28.2 Å². The van der Waals surface area contributed by atoms with Gasteiger partial charge in [0.2, 0.25) is 5.91 Å². The maximum absolute atomic E-state index is 12.1. The summed E-state index contributed by atoms with van der Waals surface area (Å²) in [5.74, 6) is -0.306. The number of rotatable bonds is 3. The van der Waals surface area contributed by atoms with Gasteiger partial charge in [0, 0.05) is 0 Å². The van der Waals surface area contributed by atoms with Crippen LogP contribution in [0.15, 0.2) is 11.4 Å². The van der Waals surface area contributed by atoms with Gasteiger partial charge in [0.1, 0.15) is 5.00 Å². The molecule has 0 saturated carbocycles. The van der Waals surface area contributed by atoms with Crippen LogP contribution in [0.2, 0.25) is 0 Å². The molecule has 98 valence electrons. The Balaban J connectivity index is 2.06. The monoisotopic (exact) mass is 267 g/mol. The van der Waals surface area contributed by atoms with Gasteiger partial charge >= 0.3 is 0 Å². The van der Waals surface area contributed by atoms with Gasteiger partial charge in [-0.2, -0.15) is 0 Å². The standard InChI is InChI=1S/C12H17N3O2S/c1-7-3-2-5-14-9(7)11(17)15-12-8(10(13)16)4-6-18-12/h4,6-7,9,14H,2-3,5H2,1H3,(H2,13,16)(H,15,17). The van der Waals surface area contributed by atoms with E-state index in [-0.39, 0.29) is 11.9 Å². The lowest BCUT2D eigenvalue weighted by Crippen LogP contribution is -2.48. The summed E-state index contributed by atoms with van der Waals surface area (Å²) in [7, 11) is 0. The van der Waals surface area contributed by atoms with Crippen molar-refractivity contribution in [1.29, 1.82) is 0 Å². The van der Waals surface area contributed by atoms with E-state index in [0.717, 1.165) is 19.4 Å². The SMILES string of the molecule is CC1CCCNC1C(=O)Nc1sccc1C(N)=O. The number of hydrogen-bond donors (Lipinski definition) is 3. The van der Waals surface area contributed by atoms with E-state index in [2.05, 4.69) is 17.6 Å². The second-order valence-electron chi connectivity index (χ2n) is 4.57. The number of amides is 2. The molecule has 2 amide bonds. The third kappa shape index (κ3) is 2.70. The summed E-state index contributed by atoms with van der Waals surface area (Å²) in [6.07, 6.45) is 2.13. The number of carbonyl (C=O) groups excluding carboxylic acids is 2. The van der Waals surface area contributed by atoms with Gasteiger partial charge in [-0.3, -0.25) is 9.59 Å². The molecule has 0 bridgehead atoms. The van der Waals surface area contributed by atoms with Crippen molar-refractivity contribution in [3.05, 3.63) is 17.0 Å². The van der Waals surface area contributed by atoms with Crippen LogP contribution in [0, 0.1) is 5.92 Å². The van der Waals surface area contributed by atoms with E-state index in [0.29, 0.717) is 16.5 Å². The summed E-state index contributed by atoms with van der Waals surface area (Å²) in [5, 5.41) is 8.27. The smallest absolute Gasteiger partial charge is 0.251 e. The first kappa shape index (κ1) is 13.0. The first-order valence-corrected chi connectivity index (χ1v) is 6.89. The second-order valence-corrected chi connectivity index (χ2v) is 5.48. The van der Waals surface area contributed by atoms with Crippen molar-refractivity contribution in [3.63, 3.8) is 0 Å². The van der Waals surface area contributed by atoms with Gasteiger partial charge < -0.3 is 16.4 Å². The normalized spacial score (nSPS) is 23.6. The second kappa shape index (κ2) is 5.49. The predicted octanol–water partition coefficient (Wildman–Crippen LogP) is 1.17. The first-order valence-electron chi connectivity index (χ1n) is 6.01. The summed E-state index contributed by atoms with van der Waals surface area (Å²) in [6, 6.07) is 1.43. The molecule has 2 heterocycles.